The summed E-state index contributed by atoms with van der Waals surface area (Å²) in [6.07, 6.45) is 0. The Hall–Kier alpha value is -1.52. The standard InChI is InChI=1S/C14H12BrClN2O/c1-8-6-10(3-5-12(8)15)19-13-7-9(16)2-4-11(13)14(17)18/h2-7H,1H3,(H3,17,18). The lowest BCUT2D eigenvalue weighted by Gasteiger charge is -2.11. The summed E-state index contributed by atoms with van der Waals surface area (Å²) in [5.41, 5.74) is 7.10. The van der Waals surface area contributed by atoms with Gasteiger partial charge < -0.3 is 10.5 Å². The maximum absolute atomic E-state index is 7.54. The van der Waals surface area contributed by atoms with E-state index in [0.29, 0.717) is 22.1 Å². The fourth-order valence-electron chi connectivity index (χ4n) is 1.61. The molecule has 19 heavy (non-hydrogen) atoms. The van der Waals surface area contributed by atoms with Crippen molar-refractivity contribution in [3.63, 3.8) is 0 Å². The van der Waals surface area contributed by atoms with Crippen molar-refractivity contribution in [3.8, 4) is 11.5 Å². The summed E-state index contributed by atoms with van der Waals surface area (Å²) in [5, 5.41) is 8.07. The molecule has 98 valence electrons. The molecule has 0 fully saturated rings. The van der Waals surface area contributed by atoms with Crippen LogP contribution < -0.4 is 10.5 Å². The number of benzene rings is 2. The number of ether oxygens (including phenoxy) is 1. The number of halogens is 2. The molecule has 3 nitrogen and oxygen atoms in total. The molecule has 0 bridgehead atoms. The van der Waals surface area contributed by atoms with Gasteiger partial charge in [-0.1, -0.05) is 27.5 Å². The molecule has 0 unspecified atom stereocenters. The third kappa shape index (κ3) is 3.28. The van der Waals surface area contributed by atoms with Crippen molar-refractivity contribution in [2.45, 2.75) is 6.92 Å². The van der Waals surface area contributed by atoms with Crippen LogP contribution in [-0.2, 0) is 0 Å². The summed E-state index contributed by atoms with van der Waals surface area (Å²) in [7, 11) is 0. The lowest BCUT2D eigenvalue weighted by molar-refractivity contribution is 0.481. The van der Waals surface area contributed by atoms with Crippen molar-refractivity contribution in [1.82, 2.24) is 0 Å². The lowest BCUT2D eigenvalue weighted by atomic mass is 10.2. The Kier molecular flexibility index (Phi) is 4.12. The lowest BCUT2D eigenvalue weighted by Crippen LogP contribution is -2.12. The first kappa shape index (κ1) is 13.9. The molecule has 0 radical (unpaired) electrons. The molecular weight excluding hydrogens is 328 g/mol. The number of nitrogens with one attached hydrogen (secondary N) is 1. The largest absolute Gasteiger partial charge is 0.457 e. The van der Waals surface area contributed by atoms with Gasteiger partial charge in [0.15, 0.2) is 0 Å². The SMILES string of the molecule is Cc1cc(Oc2cc(Cl)ccc2C(=N)N)ccc1Br. The first-order chi connectivity index (χ1) is 8.97. The third-order valence-corrected chi connectivity index (χ3v) is 3.72. The van der Waals surface area contributed by atoms with E-state index in [0.717, 1.165) is 10.0 Å². The second kappa shape index (κ2) is 5.63. The molecule has 0 aromatic heterocycles. The van der Waals surface area contributed by atoms with Crippen LogP contribution in [-0.4, -0.2) is 5.84 Å². The van der Waals surface area contributed by atoms with Crippen molar-refractivity contribution >= 4 is 33.4 Å². The first-order valence-corrected chi connectivity index (χ1v) is 6.72. The molecule has 0 saturated heterocycles. The van der Waals surface area contributed by atoms with Crippen LogP contribution in [0.4, 0.5) is 0 Å². The first-order valence-electron chi connectivity index (χ1n) is 5.55. The van der Waals surface area contributed by atoms with Crippen LogP contribution in [0.25, 0.3) is 0 Å². The molecule has 2 aromatic rings. The fraction of sp³-hybridized carbons (Fsp3) is 0.0714. The van der Waals surface area contributed by atoms with E-state index in [2.05, 4.69) is 15.9 Å². The molecule has 0 atom stereocenters. The van der Waals surface area contributed by atoms with Gasteiger partial charge in [-0.2, -0.15) is 0 Å². The van der Waals surface area contributed by atoms with E-state index >= 15 is 0 Å². The number of aryl methyl sites for hydroxylation is 1. The minimum Gasteiger partial charge on any atom is -0.457 e. The average molecular weight is 340 g/mol. The summed E-state index contributed by atoms with van der Waals surface area (Å²) in [5.74, 6) is 1.09. The van der Waals surface area contributed by atoms with Gasteiger partial charge in [-0.25, -0.2) is 0 Å². The Morgan fingerprint density at radius 2 is 2.00 bits per heavy atom. The van der Waals surface area contributed by atoms with Gasteiger partial charge in [0, 0.05) is 15.6 Å². The van der Waals surface area contributed by atoms with Gasteiger partial charge >= 0.3 is 0 Å². The molecule has 2 aromatic carbocycles. The summed E-state index contributed by atoms with van der Waals surface area (Å²) in [6, 6.07) is 10.6. The molecule has 0 aliphatic rings. The van der Waals surface area contributed by atoms with E-state index in [1.165, 1.54) is 0 Å². The van der Waals surface area contributed by atoms with Crippen molar-refractivity contribution < 1.29 is 4.74 Å². The quantitative estimate of drug-likeness (QED) is 0.639. The number of amidine groups is 1. The van der Waals surface area contributed by atoms with E-state index in [-0.39, 0.29) is 5.84 Å². The van der Waals surface area contributed by atoms with Gasteiger partial charge in [0.05, 0.1) is 5.56 Å². The zero-order valence-electron chi connectivity index (χ0n) is 10.2. The Labute approximate surface area is 125 Å². The Bertz CT molecular complexity index is 643. The average Bonchev–Trinajstić information content (AvgIpc) is 2.33. The Morgan fingerprint density at radius 3 is 2.63 bits per heavy atom. The molecule has 0 aliphatic carbocycles. The number of hydrogen-bond acceptors (Lipinski definition) is 2. The highest BCUT2D eigenvalue weighted by Gasteiger charge is 2.09. The van der Waals surface area contributed by atoms with Crippen LogP contribution in [0.5, 0.6) is 11.5 Å². The van der Waals surface area contributed by atoms with Gasteiger partial charge in [0.2, 0.25) is 0 Å². The second-order valence-corrected chi connectivity index (χ2v) is 5.36. The maximum atomic E-state index is 7.54. The number of hydrogen-bond donors (Lipinski definition) is 2. The van der Waals surface area contributed by atoms with Crippen molar-refractivity contribution in [2.24, 2.45) is 5.73 Å². The van der Waals surface area contributed by atoms with Crippen LogP contribution in [0.15, 0.2) is 40.9 Å². The number of nitrogens with two attached hydrogens (primary N) is 1. The topological polar surface area (TPSA) is 59.1 Å². The zero-order chi connectivity index (χ0) is 14.0. The highest BCUT2D eigenvalue weighted by Crippen LogP contribution is 2.30. The molecule has 2 rings (SSSR count). The predicted molar refractivity (Wildman–Crippen MR) is 81.4 cm³/mol. The van der Waals surface area contributed by atoms with E-state index < -0.39 is 0 Å². The van der Waals surface area contributed by atoms with Crippen LogP contribution >= 0.6 is 27.5 Å². The highest BCUT2D eigenvalue weighted by molar-refractivity contribution is 9.10. The van der Waals surface area contributed by atoms with Crippen LogP contribution in [0.1, 0.15) is 11.1 Å². The zero-order valence-corrected chi connectivity index (χ0v) is 12.5. The molecule has 3 N–H and O–H groups in total. The second-order valence-electron chi connectivity index (χ2n) is 4.07. The molecular formula is C14H12BrClN2O. The maximum Gasteiger partial charge on any atom is 0.139 e. The van der Waals surface area contributed by atoms with Crippen LogP contribution in [0, 0.1) is 12.3 Å². The summed E-state index contributed by atoms with van der Waals surface area (Å²) >= 11 is 9.38. The van der Waals surface area contributed by atoms with E-state index in [4.69, 9.17) is 27.5 Å². The minimum absolute atomic E-state index is 0.0551. The fourth-order valence-corrected chi connectivity index (χ4v) is 2.02. The normalized spacial score (nSPS) is 10.3. The predicted octanol–water partition coefficient (Wildman–Crippen LogP) is 4.49. The molecule has 0 saturated carbocycles. The molecule has 0 amide bonds. The van der Waals surface area contributed by atoms with Crippen molar-refractivity contribution in [1.29, 1.82) is 5.41 Å². The van der Waals surface area contributed by atoms with E-state index in [1.807, 2.05) is 25.1 Å². The van der Waals surface area contributed by atoms with Gasteiger partial charge in [0.25, 0.3) is 0 Å². The van der Waals surface area contributed by atoms with Gasteiger partial charge in [-0.3, -0.25) is 5.41 Å². The van der Waals surface area contributed by atoms with Crippen molar-refractivity contribution in [2.75, 3.05) is 0 Å². The van der Waals surface area contributed by atoms with Gasteiger partial charge in [-0.15, -0.1) is 0 Å². The van der Waals surface area contributed by atoms with E-state index in [1.54, 1.807) is 18.2 Å². The number of rotatable bonds is 3. The molecule has 0 heterocycles. The summed E-state index contributed by atoms with van der Waals surface area (Å²) in [4.78, 5) is 0. The Morgan fingerprint density at radius 1 is 1.26 bits per heavy atom. The van der Waals surface area contributed by atoms with E-state index in [9.17, 15) is 0 Å². The molecule has 0 aliphatic heterocycles. The summed E-state index contributed by atoms with van der Waals surface area (Å²) in [6.45, 7) is 1.97. The molecule has 5 heteroatoms. The highest BCUT2D eigenvalue weighted by atomic mass is 79.9. The third-order valence-electron chi connectivity index (χ3n) is 2.59. The van der Waals surface area contributed by atoms with Crippen LogP contribution in [0.3, 0.4) is 0 Å². The molecule has 0 spiro atoms. The minimum atomic E-state index is -0.0551. The Balaban J connectivity index is 2.39. The smallest absolute Gasteiger partial charge is 0.139 e. The van der Waals surface area contributed by atoms with Gasteiger partial charge in [-0.05, 0) is 42.8 Å². The monoisotopic (exact) mass is 338 g/mol. The van der Waals surface area contributed by atoms with Gasteiger partial charge in [0.1, 0.15) is 17.3 Å². The van der Waals surface area contributed by atoms with Crippen LogP contribution in [0.2, 0.25) is 5.02 Å². The number of nitrogen functional groups attached to an aromatic ring is 1. The van der Waals surface area contributed by atoms with Crippen molar-refractivity contribution in [3.05, 3.63) is 57.0 Å². The summed E-state index contributed by atoms with van der Waals surface area (Å²) < 4.78 is 6.77.